The van der Waals surface area contributed by atoms with Gasteiger partial charge in [0, 0.05) is 26.2 Å². The van der Waals surface area contributed by atoms with E-state index >= 15 is 0 Å². The minimum absolute atomic E-state index is 0.0121. The summed E-state index contributed by atoms with van der Waals surface area (Å²) in [7, 11) is 0. The molecule has 0 radical (unpaired) electrons. The van der Waals surface area contributed by atoms with Crippen LogP contribution in [-0.2, 0) is 0 Å². The van der Waals surface area contributed by atoms with Crippen molar-refractivity contribution in [3.05, 3.63) is 16.1 Å². The van der Waals surface area contributed by atoms with Gasteiger partial charge in [-0.05, 0) is 25.2 Å². The molecule has 5 heteroatoms. The van der Waals surface area contributed by atoms with Crippen molar-refractivity contribution in [1.29, 1.82) is 0 Å². The Morgan fingerprint density at radius 2 is 2.16 bits per heavy atom. The van der Waals surface area contributed by atoms with Crippen LogP contribution in [0.3, 0.4) is 0 Å². The number of thiazole rings is 1. The van der Waals surface area contributed by atoms with E-state index in [9.17, 15) is 4.79 Å². The normalized spacial score (nSPS) is 24.4. The second-order valence-corrected chi connectivity index (χ2v) is 6.58. The van der Waals surface area contributed by atoms with Gasteiger partial charge in [0.2, 0.25) is 0 Å². The molecule has 1 aromatic heterocycles. The SMILES string of the molecule is Cc1ncsc1C(=O)NCCN1CC(C)CC(C)C1. The van der Waals surface area contributed by atoms with Gasteiger partial charge in [0.05, 0.1) is 11.2 Å². The first-order valence-electron chi connectivity index (χ1n) is 6.97. The summed E-state index contributed by atoms with van der Waals surface area (Å²) >= 11 is 1.41. The van der Waals surface area contributed by atoms with E-state index in [1.165, 1.54) is 17.8 Å². The number of rotatable bonds is 4. The highest BCUT2D eigenvalue weighted by atomic mass is 32.1. The van der Waals surface area contributed by atoms with Crippen LogP contribution in [0.15, 0.2) is 5.51 Å². The summed E-state index contributed by atoms with van der Waals surface area (Å²) in [6, 6.07) is 0. The zero-order valence-corrected chi connectivity index (χ0v) is 12.8. The molecule has 1 saturated heterocycles. The van der Waals surface area contributed by atoms with Crippen molar-refractivity contribution in [1.82, 2.24) is 15.2 Å². The third-order valence-corrected chi connectivity index (χ3v) is 4.54. The van der Waals surface area contributed by atoms with E-state index in [0.717, 1.165) is 48.6 Å². The third-order valence-electron chi connectivity index (χ3n) is 3.61. The molecule has 0 saturated carbocycles. The number of hydrogen-bond acceptors (Lipinski definition) is 4. The van der Waals surface area contributed by atoms with Gasteiger partial charge >= 0.3 is 0 Å². The fourth-order valence-corrected chi connectivity index (χ4v) is 3.62. The number of likely N-dealkylation sites (tertiary alicyclic amines) is 1. The minimum Gasteiger partial charge on any atom is -0.350 e. The zero-order valence-electron chi connectivity index (χ0n) is 12.0. The van der Waals surface area contributed by atoms with Crippen LogP contribution in [-0.4, -0.2) is 42.0 Å². The molecule has 0 aliphatic carbocycles. The standard InChI is InChI=1S/C14H23N3OS/c1-10-6-11(2)8-17(7-10)5-4-15-14(18)13-12(3)16-9-19-13/h9-11H,4-8H2,1-3H3,(H,15,18). The number of carbonyl (C=O) groups is 1. The number of amides is 1. The molecule has 1 aliphatic heterocycles. The number of carbonyl (C=O) groups excluding carboxylic acids is 1. The Labute approximate surface area is 119 Å². The van der Waals surface area contributed by atoms with Crippen molar-refractivity contribution >= 4 is 17.2 Å². The van der Waals surface area contributed by atoms with Gasteiger partial charge in [0.1, 0.15) is 4.88 Å². The van der Waals surface area contributed by atoms with Crippen LogP contribution in [0, 0.1) is 18.8 Å². The lowest BCUT2D eigenvalue weighted by atomic mass is 9.92. The van der Waals surface area contributed by atoms with Gasteiger partial charge in [-0.1, -0.05) is 13.8 Å². The smallest absolute Gasteiger partial charge is 0.263 e. The summed E-state index contributed by atoms with van der Waals surface area (Å²) in [6.07, 6.45) is 1.32. The van der Waals surface area contributed by atoms with E-state index in [2.05, 4.69) is 29.0 Å². The van der Waals surface area contributed by atoms with Gasteiger partial charge in [0.25, 0.3) is 5.91 Å². The van der Waals surface area contributed by atoms with Crippen molar-refractivity contribution in [3.8, 4) is 0 Å². The van der Waals surface area contributed by atoms with Gasteiger partial charge < -0.3 is 10.2 Å². The van der Waals surface area contributed by atoms with Crippen molar-refractivity contribution in [2.45, 2.75) is 27.2 Å². The molecule has 2 rings (SSSR count). The summed E-state index contributed by atoms with van der Waals surface area (Å²) in [4.78, 5) is 19.2. The molecule has 19 heavy (non-hydrogen) atoms. The van der Waals surface area contributed by atoms with Gasteiger partial charge in [-0.15, -0.1) is 11.3 Å². The summed E-state index contributed by atoms with van der Waals surface area (Å²) < 4.78 is 0. The Kier molecular flexibility index (Phi) is 4.93. The van der Waals surface area contributed by atoms with Gasteiger partial charge in [-0.3, -0.25) is 4.79 Å². The van der Waals surface area contributed by atoms with E-state index in [0.29, 0.717) is 0 Å². The topological polar surface area (TPSA) is 45.2 Å². The van der Waals surface area contributed by atoms with Gasteiger partial charge in [-0.25, -0.2) is 4.98 Å². The Bertz CT molecular complexity index is 422. The molecular formula is C14H23N3OS. The number of aromatic nitrogens is 1. The van der Waals surface area contributed by atoms with E-state index in [1.54, 1.807) is 5.51 Å². The number of nitrogens with zero attached hydrogens (tertiary/aromatic N) is 2. The highest BCUT2D eigenvalue weighted by Gasteiger charge is 2.21. The van der Waals surface area contributed by atoms with E-state index in [1.807, 2.05) is 6.92 Å². The quantitative estimate of drug-likeness (QED) is 0.920. The molecule has 0 spiro atoms. The van der Waals surface area contributed by atoms with E-state index < -0.39 is 0 Å². The zero-order chi connectivity index (χ0) is 13.8. The van der Waals surface area contributed by atoms with Crippen molar-refractivity contribution in [2.75, 3.05) is 26.2 Å². The predicted molar refractivity (Wildman–Crippen MR) is 78.6 cm³/mol. The maximum Gasteiger partial charge on any atom is 0.263 e. The molecule has 0 aromatic carbocycles. The van der Waals surface area contributed by atoms with Crippen LogP contribution in [0.4, 0.5) is 0 Å². The molecule has 0 bridgehead atoms. The van der Waals surface area contributed by atoms with Crippen LogP contribution in [0.1, 0.15) is 35.6 Å². The highest BCUT2D eigenvalue weighted by Crippen LogP contribution is 2.20. The molecule has 1 fully saturated rings. The Balaban J connectivity index is 1.75. The Hall–Kier alpha value is -0.940. The summed E-state index contributed by atoms with van der Waals surface area (Å²) in [5, 5.41) is 2.99. The lowest BCUT2D eigenvalue weighted by Gasteiger charge is -2.34. The Morgan fingerprint density at radius 1 is 1.47 bits per heavy atom. The first kappa shape index (κ1) is 14.5. The van der Waals surface area contributed by atoms with E-state index in [-0.39, 0.29) is 5.91 Å². The number of hydrogen-bond donors (Lipinski definition) is 1. The predicted octanol–water partition coefficient (Wildman–Crippen LogP) is 2.16. The molecule has 2 unspecified atom stereocenters. The summed E-state index contributed by atoms with van der Waals surface area (Å²) in [5.74, 6) is 1.55. The maximum atomic E-state index is 11.9. The molecule has 1 aliphatic rings. The minimum atomic E-state index is 0.0121. The molecule has 2 atom stereocenters. The first-order valence-corrected chi connectivity index (χ1v) is 7.85. The monoisotopic (exact) mass is 281 g/mol. The van der Waals surface area contributed by atoms with Gasteiger partial charge in [-0.2, -0.15) is 0 Å². The largest absolute Gasteiger partial charge is 0.350 e. The first-order chi connectivity index (χ1) is 9.06. The highest BCUT2D eigenvalue weighted by molar-refractivity contribution is 7.11. The fraction of sp³-hybridized carbons (Fsp3) is 0.714. The third kappa shape index (κ3) is 4.01. The second-order valence-electron chi connectivity index (χ2n) is 5.73. The Morgan fingerprint density at radius 3 is 2.74 bits per heavy atom. The van der Waals surface area contributed by atoms with Crippen molar-refractivity contribution < 1.29 is 4.79 Å². The van der Waals surface area contributed by atoms with Crippen LogP contribution in [0.2, 0.25) is 0 Å². The second kappa shape index (κ2) is 6.48. The van der Waals surface area contributed by atoms with Crippen LogP contribution in [0.5, 0.6) is 0 Å². The van der Waals surface area contributed by atoms with Gasteiger partial charge in [0.15, 0.2) is 0 Å². The van der Waals surface area contributed by atoms with Crippen LogP contribution >= 0.6 is 11.3 Å². The number of piperidine rings is 1. The average Bonchev–Trinajstić information content (AvgIpc) is 2.74. The van der Waals surface area contributed by atoms with E-state index in [4.69, 9.17) is 0 Å². The van der Waals surface area contributed by atoms with Crippen molar-refractivity contribution in [2.24, 2.45) is 11.8 Å². The van der Waals surface area contributed by atoms with Crippen LogP contribution in [0.25, 0.3) is 0 Å². The number of nitrogens with one attached hydrogen (secondary N) is 1. The number of aryl methyl sites for hydroxylation is 1. The lowest BCUT2D eigenvalue weighted by Crippen LogP contribution is -2.42. The molecule has 106 valence electrons. The summed E-state index contributed by atoms with van der Waals surface area (Å²) in [6.45, 7) is 10.5. The average molecular weight is 281 g/mol. The lowest BCUT2D eigenvalue weighted by molar-refractivity contribution is 0.0940. The summed E-state index contributed by atoms with van der Waals surface area (Å²) in [5.41, 5.74) is 2.54. The molecule has 1 amide bonds. The fourth-order valence-electron chi connectivity index (χ4n) is 2.90. The van der Waals surface area contributed by atoms with Crippen LogP contribution < -0.4 is 5.32 Å². The molecular weight excluding hydrogens is 258 g/mol. The molecule has 1 N–H and O–H groups in total. The molecule has 4 nitrogen and oxygen atoms in total. The molecule has 1 aromatic rings. The maximum absolute atomic E-state index is 11.9. The van der Waals surface area contributed by atoms with Crippen molar-refractivity contribution in [3.63, 3.8) is 0 Å². The molecule has 2 heterocycles.